The minimum atomic E-state index is -0.151. The van der Waals surface area contributed by atoms with E-state index < -0.39 is 0 Å². The van der Waals surface area contributed by atoms with Crippen LogP contribution in [0.5, 0.6) is 0 Å². The van der Waals surface area contributed by atoms with Gasteiger partial charge < -0.3 is 16.0 Å². The number of hydrogen-bond acceptors (Lipinski definition) is 5. The van der Waals surface area contributed by atoms with Crippen molar-refractivity contribution in [1.29, 1.82) is 0 Å². The van der Waals surface area contributed by atoms with Gasteiger partial charge in [-0.15, -0.1) is 0 Å². The predicted octanol–water partition coefficient (Wildman–Crippen LogP) is -1.04. The van der Waals surface area contributed by atoms with E-state index in [0.29, 0.717) is 13.1 Å². The van der Waals surface area contributed by atoms with Gasteiger partial charge >= 0.3 is 0 Å². The fraction of sp³-hybridized carbons (Fsp3) is 0.545. The Balaban J connectivity index is 1.81. The van der Waals surface area contributed by atoms with Gasteiger partial charge in [0, 0.05) is 25.8 Å². The van der Waals surface area contributed by atoms with Crippen LogP contribution in [-0.2, 0) is 11.3 Å². The summed E-state index contributed by atoms with van der Waals surface area (Å²) < 4.78 is 0. The number of hydrogen-bond donors (Lipinski definition) is 3. The first-order valence-corrected chi connectivity index (χ1v) is 5.75. The number of nitrogens with zero attached hydrogens (tertiary/aromatic N) is 2. The van der Waals surface area contributed by atoms with E-state index in [4.69, 9.17) is 0 Å². The SMILES string of the molecule is Cc1cnc(CNC(=O)C2CNCCN2)cn1. The van der Waals surface area contributed by atoms with Crippen LogP contribution in [0, 0.1) is 6.92 Å². The smallest absolute Gasteiger partial charge is 0.238 e. The van der Waals surface area contributed by atoms with Crippen molar-refractivity contribution in [1.82, 2.24) is 25.9 Å². The van der Waals surface area contributed by atoms with Crippen molar-refractivity contribution in [3.05, 3.63) is 23.8 Å². The third-order valence-electron chi connectivity index (χ3n) is 2.64. The lowest BCUT2D eigenvalue weighted by Gasteiger charge is -2.23. The van der Waals surface area contributed by atoms with Crippen LogP contribution >= 0.6 is 0 Å². The Morgan fingerprint density at radius 2 is 2.35 bits per heavy atom. The van der Waals surface area contributed by atoms with Crippen LogP contribution in [0.15, 0.2) is 12.4 Å². The highest BCUT2D eigenvalue weighted by molar-refractivity contribution is 5.82. The Kier molecular flexibility index (Phi) is 4.00. The van der Waals surface area contributed by atoms with Crippen LogP contribution in [0.25, 0.3) is 0 Å². The average molecular weight is 235 g/mol. The molecule has 1 aliphatic heterocycles. The number of amides is 1. The van der Waals surface area contributed by atoms with Gasteiger partial charge in [0.25, 0.3) is 0 Å². The molecule has 0 bridgehead atoms. The molecule has 1 unspecified atom stereocenters. The highest BCUT2D eigenvalue weighted by atomic mass is 16.2. The van der Waals surface area contributed by atoms with Gasteiger partial charge in [0.1, 0.15) is 0 Å². The van der Waals surface area contributed by atoms with Gasteiger partial charge in [-0.25, -0.2) is 0 Å². The van der Waals surface area contributed by atoms with Crippen molar-refractivity contribution in [2.24, 2.45) is 0 Å². The summed E-state index contributed by atoms with van der Waals surface area (Å²) in [7, 11) is 0. The second-order valence-electron chi connectivity index (χ2n) is 4.08. The first kappa shape index (κ1) is 11.9. The summed E-state index contributed by atoms with van der Waals surface area (Å²) >= 11 is 0. The Bertz CT molecular complexity index is 372. The van der Waals surface area contributed by atoms with Crippen molar-refractivity contribution < 1.29 is 4.79 Å². The standard InChI is InChI=1S/C11H17N5O/c1-8-4-15-9(5-14-8)6-16-11(17)10-7-12-2-3-13-10/h4-5,10,12-13H,2-3,6-7H2,1H3,(H,16,17). The van der Waals surface area contributed by atoms with Crippen LogP contribution < -0.4 is 16.0 Å². The fourth-order valence-electron chi connectivity index (χ4n) is 1.65. The third kappa shape index (κ3) is 3.47. The van der Waals surface area contributed by atoms with Crippen molar-refractivity contribution in [2.75, 3.05) is 19.6 Å². The zero-order valence-corrected chi connectivity index (χ0v) is 9.86. The molecular formula is C11H17N5O. The van der Waals surface area contributed by atoms with Gasteiger partial charge in [-0.3, -0.25) is 14.8 Å². The maximum absolute atomic E-state index is 11.8. The number of aryl methyl sites for hydroxylation is 1. The number of nitrogens with one attached hydrogen (secondary N) is 3. The molecule has 2 heterocycles. The Morgan fingerprint density at radius 1 is 1.47 bits per heavy atom. The molecule has 1 amide bonds. The molecule has 0 aromatic carbocycles. The lowest BCUT2D eigenvalue weighted by Crippen LogP contribution is -2.55. The molecule has 0 aliphatic carbocycles. The number of carbonyl (C=O) groups is 1. The lowest BCUT2D eigenvalue weighted by atomic mass is 10.2. The zero-order valence-electron chi connectivity index (χ0n) is 9.86. The normalized spacial score (nSPS) is 19.9. The van der Waals surface area contributed by atoms with E-state index >= 15 is 0 Å². The van der Waals surface area contributed by atoms with Crippen molar-refractivity contribution in [3.8, 4) is 0 Å². The van der Waals surface area contributed by atoms with E-state index in [1.54, 1.807) is 12.4 Å². The number of carbonyl (C=O) groups excluding carboxylic acids is 1. The molecule has 1 atom stereocenters. The molecular weight excluding hydrogens is 218 g/mol. The molecule has 1 aromatic rings. The molecule has 3 N–H and O–H groups in total. The second-order valence-corrected chi connectivity index (χ2v) is 4.08. The van der Waals surface area contributed by atoms with Gasteiger partial charge in [-0.1, -0.05) is 0 Å². The molecule has 6 nitrogen and oxygen atoms in total. The monoisotopic (exact) mass is 235 g/mol. The number of rotatable bonds is 3. The Hall–Kier alpha value is -1.53. The summed E-state index contributed by atoms with van der Waals surface area (Å²) in [5.41, 5.74) is 1.64. The largest absolute Gasteiger partial charge is 0.349 e. The molecule has 1 aromatic heterocycles. The Morgan fingerprint density at radius 3 is 3.00 bits per heavy atom. The summed E-state index contributed by atoms with van der Waals surface area (Å²) in [6, 6.07) is -0.151. The maximum atomic E-state index is 11.8. The van der Waals surface area contributed by atoms with E-state index in [1.165, 1.54) is 0 Å². The van der Waals surface area contributed by atoms with Crippen LogP contribution in [0.1, 0.15) is 11.4 Å². The summed E-state index contributed by atoms with van der Waals surface area (Å²) in [4.78, 5) is 20.1. The van der Waals surface area contributed by atoms with Gasteiger partial charge in [0.05, 0.1) is 30.2 Å². The number of piperazine rings is 1. The first-order chi connectivity index (χ1) is 8.25. The molecule has 0 saturated carbocycles. The van der Waals surface area contributed by atoms with Crippen LogP contribution in [-0.4, -0.2) is 41.6 Å². The van der Waals surface area contributed by atoms with Crippen LogP contribution in [0.4, 0.5) is 0 Å². The van der Waals surface area contributed by atoms with Gasteiger partial charge in [0.15, 0.2) is 0 Å². The predicted molar refractivity (Wildman–Crippen MR) is 63.3 cm³/mol. The van der Waals surface area contributed by atoms with Crippen molar-refractivity contribution >= 4 is 5.91 Å². The van der Waals surface area contributed by atoms with Crippen LogP contribution in [0.3, 0.4) is 0 Å². The summed E-state index contributed by atoms with van der Waals surface area (Å²) in [5, 5.41) is 9.17. The number of aromatic nitrogens is 2. The van der Waals surface area contributed by atoms with E-state index in [9.17, 15) is 4.79 Å². The molecule has 2 rings (SSSR count). The lowest BCUT2D eigenvalue weighted by molar-refractivity contribution is -0.123. The Labute approximate surface area is 100 Å². The summed E-state index contributed by atoms with van der Waals surface area (Å²) in [6.45, 7) is 4.71. The first-order valence-electron chi connectivity index (χ1n) is 5.75. The van der Waals surface area contributed by atoms with E-state index in [1.807, 2.05) is 6.92 Å². The van der Waals surface area contributed by atoms with Gasteiger partial charge in [-0.2, -0.15) is 0 Å². The average Bonchev–Trinajstić information content (AvgIpc) is 2.39. The molecule has 1 aliphatic rings. The van der Waals surface area contributed by atoms with E-state index in [-0.39, 0.29) is 11.9 Å². The summed E-state index contributed by atoms with van der Waals surface area (Å²) in [6.07, 6.45) is 3.38. The highest BCUT2D eigenvalue weighted by Crippen LogP contribution is 1.94. The van der Waals surface area contributed by atoms with Crippen molar-refractivity contribution in [2.45, 2.75) is 19.5 Å². The minimum absolute atomic E-state index is 0.000394. The van der Waals surface area contributed by atoms with Gasteiger partial charge in [0.2, 0.25) is 5.91 Å². The molecule has 0 spiro atoms. The topological polar surface area (TPSA) is 78.9 Å². The maximum Gasteiger partial charge on any atom is 0.238 e. The highest BCUT2D eigenvalue weighted by Gasteiger charge is 2.19. The quantitative estimate of drug-likeness (QED) is 0.624. The molecule has 1 saturated heterocycles. The zero-order chi connectivity index (χ0) is 12.1. The molecule has 0 radical (unpaired) electrons. The van der Waals surface area contributed by atoms with Crippen molar-refractivity contribution in [3.63, 3.8) is 0 Å². The minimum Gasteiger partial charge on any atom is -0.349 e. The fourth-order valence-corrected chi connectivity index (χ4v) is 1.65. The third-order valence-corrected chi connectivity index (χ3v) is 2.64. The molecule has 6 heteroatoms. The van der Waals surface area contributed by atoms with Crippen LogP contribution in [0.2, 0.25) is 0 Å². The van der Waals surface area contributed by atoms with Gasteiger partial charge in [-0.05, 0) is 6.92 Å². The van der Waals surface area contributed by atoms with E-state index in [2.05, 4.69) is 25.9 Å². The molecule has 92 valence electrons. The molecule has 17 heavy (non-hydrogen) atoms. The second kappa shape index (κ2) is 5.70. The summed E-state index contributed by atoms with van der Waals surface area (Å²) in [5.74, 6) is -0.000394. The molecule has 1 fully saturated rings. The van der Waals surface area contributed by atoms with E-state index in [0.717, 1.165) is 24.5 Å².